The molecular formula is C25H21FN2O3S. The van der Waals surface area contributed by atoms with E-state index < -0.39 is 0 Å². The lowest BCUT2D eigenvalue weighted by Gasteiger charge is -2.13. The highest BCUT2D eigenvalue weighted by Gasteiger charge is 2.24. The normalized spacial score (nSPS) is 15.8. The lowest BCUT2D eigenvalue weighted by molar-refractivity contribution is -0.115. The zero-order chi connectivity index (χ0) is 22.3. The van der Waals surface area contributed by atoms with Gasteiger partial charge in [-0.25, -0.2) is 9.38 Å². The standard InChI is InChI=1S/C25H21FN2O3S/c1-2-30-22-14-18(8-13-21(22)31-16-17-6-4-3-5-7-17)15-23-24(29)28-25(32-23)27-20-11-9-19(26)10-12-20/h3-15H,2,16H2,1H3,(H,27,28,29)/b23-15+. The minimum Gasteiger partial charge on any atom is -0.490 e. The molecule has 0 unspecified atom stereocenters. The van der Waals surface area contributed by atoms with Gasteiger partial charge in [0.25, 0.3) is 5.91 Å². The first kappa shape index (κ1) is 21.6. The first-order chi connectivity index (χ1) is 15.6. The van der Waals surface area contributed by atoms with Gasteiger partial charge in [0.1, 0.15) is 12.4 Å². The topological polar surface area (TPSA) is 59.9 Å². The number of amides is 1. The van der Waals surface area contributed by atoms with Gasteiger partial charge in [-0.1, -0.05) is 36.4 Å². The van der Waals surface area contributed by atoms with Crippen LogP contribution in [0.4, 0.5) is 10.1 Å². The molecule has 0 aliphatic carbocycles. The van der Waals surface area contributed by atoms with Crippen molar-refractivity contribution in [1.29, 1.82) is 0 Å². The number of amidine groups is 1. The molecule has 3 aromatic carbocycles. The van der Waals surface area contributed by atoms with E-state index in [0.29, 0.717) is 40.5 Å². The fourth-order valence-corrected chi connectivity index (χ4v) is 3.84. The van der Waals surface area contributed by atoms with Gasteiger partial charge in [-0.05, 0) is 72.3 Å². The fraction of sp³-hybridized carbons (Fsp3) is 0.120. The highest BCUT2D eigenvalue weighted by Crippen LogP contribution is 2.33. The maximum Gasteiger partial charge on any atom is 0.264 e. The van der Waals surface area contributed by atoms with Gasteiger partial charge in [-0.2, -0.15) is 0 Å². The number of rotatable bonds is 7. The van der Waals surface area contributed by atoms with Crippen LogP contribution in [0.5, 0.6) is 11.5 Å². The van der Waals surface area contributed by atoms with Crippen LogP contribution < -0.4 is 14.8 Å². The van der Waals surface area contributed by atoms with E-state index in [1.165, 1.54) is 23.9 Å². The van der Waals surface area contributed by atoms with Crippen molar-refractivity contribution >= 4 is 34.6 Å². The monoisotopic (exact) mass is 448 g/mol. The van der Waals surface area contributed by atoms with Gasteiger partial charge in [-0.3, -0.25) is 4.79 Å². The Kier molecular flexibility index (Phi) is 6.87. The molecular weight excluding hydrogens is 427 g/mol. The van der Waals surface area contributed by atoms with Gasteiger partial charge in [0.2, 0.25) is 0 Å². The zero-order valence-corrected chi connectivity index (χ0v) is 18.2. The molecule has 1 amide bonds. The first-order valence-electron chi connectivity index (χ1n) is 10.1. The molecule has 1 saturated heterocycles. The number of thioether (sulfide) groups is 1. The van der Waals surface area contributed by atoms with E-state index >= 15 is 0 Å². The number of nitrogens with zero attached hydrogens (tertiary/aromatic N) is 1. The van der Waals surface area contributed by atoms with Crippen LogP contribution in [0.3, 0.4) is 0 Å². The van der Waals surface area contributed by atoms with Crippen molar-refractivity contribution in [3.8, 4) is 11.5 Å². The molecule has 1 aliphatic rings. The quantitative estimate of drug-likeness (QED) is 0.472. The molecule has 162 valence electrons. The van der Waals surface area contributed by atoms with E-state index in [0.717, 1.165) is 11.1 Å². The van der Waals surface area contributed by atoms with Crippen LogP contribution in [-0.2, 0) is 11.4 Å². The molecule has 0 radical (unpaired) electrons. The van der Waals surface area contributed by atoms with Crippen LogP contribution in [0.25, 0.3) is 6.08 Å². The Labute approximate surface area is 190 Å². The molecule has 1 aliphatic heterocycles. The summed E-state index contributed by atoms with van der Waals surface area (Å²) in [4.78, 5) is 17.2. The summed E-state index contributed by atoms with van der Waals surface area (Å²) in [7, 11) is 0. The van der Waals surface area contributed by atoms with Crippen molar-refractivity contribution < 1.29 is 18.7 Å². The summed E-state index contributed by atoms with van der Waals surface area (Å²) in [6, 6.07) is 21.2. The molecule has 0 saturated carbocycles. The Morgan fingerprint density at radius 1 is 1.00 bits per heavy atom. The summed E-state index contributed by atoms with van der Waals surface area (Å²) >= 11 is 1.23. The Balaban J connectivity index is 1.50. The van der Waals surface area contributed by atoms with Crippen LogP contribution in [0.15, 0.2) is 82.7 Å². The molecule has 3 aromatic rings. The predicted octanol–water partition coefficient (Wildman–Crippen LogP) is 5.70. The Morgan fingerprint density at radius 2 is 1.78 bits per heavy atom. The molecule has 1 N–H and O–H groups in total. The second kappa shape index (κ2) is 10.2. The molecule has 32 heavy (non-hydrogen) atoms. The van der Waals surface area contributed by atoms with Crippen LogP contribution in [0, 0.1) is 5.82 Å². The molecule has 7 heteroatoms. The van der Waals surface area contributed by atoms with E-state index in [9.17, 15) is 9.18 Å². The first-order valence-corrected chi connectivity index (χ1v) is 10.9. The number of carbonyl (C=O) groups excluding carboxylic acids is 1. The number of halogens is 1. The highest BCUT2D eigenvalue weighted by atomic mass is 32.2. The van der Waals surface area contributed by atoms with E-state index in [1.54, 1.807) is 18.2 Å². The largest absolute Gasteiger partial charge is 0.490 e. The summed E-state index contributed by atoms with van der Waals surface area (Å²) in [5, 5.41) is 3.18. The van der Waals surface area contributed by atoms with E-state index in [2.05, 4.69) is 10.3 Å². The van der Waals surface area contributed by atoms with Gasteiger partial charge >= 0.3 is 0 Å². The minimum absolute atomic E-state index is 0.238. The molecule has 0 bridgehead atoms. The maximum absolute atomic E-state index is 13.1. The van der Waals surface area contributed by atoms with E-state index in [1.807, 2.05) is 55.5 Å². The Morgan fingerprint density at radius 3 is 2.53 bits per heavy atom. The molecule has 0 spiro atoms. The fourth-order valence-electron chi connectivity index (χ4n) is 3.00. The number of aliphatic imine (C=N–C) groups is 1. The van der Waals surface area contributed by atoms with E-state index in [-0.39, 0.29) is 11.7 Å². The average Bonchev–Trinajstić information content (AvgIpc) is 3.14. The Hall–Kier alpha value is -3.58. The maximum atomic E-state index is 13.1. The van der Waals surface area contributed by atoms with Crippen molar-refractivity contribution in [2.24, 2.45) is 4.99 Å². The molecule has 0 atom stereocenters. The zero-order valence-electron chi connectivity index (χ0n) is 17.4. The third-order valence-electron chi connectivity index (χ3n) is 4.51. The van der Waals surface area contributed by atoms with Crippen LogP contribution >= 0.6 is 11.8 Å². The number of benzene rings is 3. The molecule has 4 rings (SSSR count). The van der Waals surface area contributed by atoms with Gasteiger partial charge in [0.05, 0.1) is 17.2 Å². The number of ether oxygens (including phenoxy) is 2. The second-order valence-corrected chi connectivity index (χ2v) is 7.90. The summed E-state index contributed by atoms with van der Waals surface area (Å²) in [5.41, 5.74) is 2.43. The smallest absolute Gasteiger partial charge is 0.264 e. The van der Waals surface area contributed by atoms with Crippen molar-refractivity contribution in [3.05, 3.63) is 94.6 Å². The van der Waals surface area contributed by atoms with E-state index in [4.69, 9.17) is 9.47 Å². The summed E-state index contributed by atoms with van der Waals surface area (Å²) < 4.78 is 24.8. The highest BCUT2D eigenvalue weighted by molar-refractivity contribution is 8.18. The van der Waals surface area contributed by atoms with Crippen molar-refractivity contribution in [2.75, 3.05) is 6.61 Å². The van der Waals surface area contributed by atoms with Gasteiger partial charge in [-0.15, -0.1) is 0 Å². The molecule has 5 nitrogen and oxygen atoms in total. The van der Waals surface area contributed by atoms with Crippen LogP contribution in [-0.4, -0.2) is 17.7 Å². The van der Waals surface area contributed by atoms with Crippen molar-refractivity contribution in [2.45, 2.75) is 13.5 Å². The van der Waals surface area contributed by atoms with Gasteiger partial charge in [0.15, 0.2) is 16.7 Å². The number of carbonyl (C=O) groups is 1. The third kappa shape index (κ3) is 5.56. The third-order valence-corrected chi connectivity index (χ3v) is 5.42. The van der Waals surface area contributed by atoms with Gasteiger partial charge < -0.3 is 14.8 Å². The molecule has 0 aromatic heterocycles. The summed E-state index contributed by atoms with van der Waals surface area (Å²) in [6.45, 7) is 2.83. The Bertz CT molecular complexity index is 1160. The lowest BCUT2D eigenvalue weighted by atomic mass is 10.2. The molecule has 1 heterocycles. The minimum atomic E-state index is -0.334. The van der Waals surface area contributed by atoms with Crippen LogP contribution in [0.1, 0.15) is 18.1 Å². The molecule has 1 fully saturated rings. The lowest BCUT2D eigenvalue weighted by Crippen LogP contribution is -2.19. The number of nitrogens with one attached hydrogen (secondary N) is 1. The SMILES string of the molecule is CCOc1cc(/C=C2/SC(=Nc3ccc(F)cc3)NC2=O)ccc1OCc1ccccc1. The predicted molar refractivity (Wildman–Crippen MR) is 126 cm³/mol. The van der Waals surface area contributed by atoms with Crippen molar-refractivity contribution in [3.63, 3.8) is 0 Å². The van der Waals surface area contributed by atoms with Gasteiger partial charge in [0, 0.05) is 0 Å². The van der Waals surface area contributed by atoms with Crippen LogP contribution in [0.2, 0.25) is 0 Å². The number of hydrogen-bond donors (Lipinski definition) is 1. The average molecular weight is 449 g/mol. The second-order valence-electron chi connectivity index (χ2n) is 6.87. The number of hydrogen-bond acceptors (Lipinski definition) is 5. The summed E-state index contributed by atoms with van der Waals surface area (Å²) in [5.74, 6) is 0.679. The summed E-state index contributed by atoms with van der Waals surface area (Å²) in [6.07, 6.45) is 1.77. The van der Waals surface area contributed by atoms with Crippen molar-refractivity contribution in [1.82, 2.24) is 5.32 Å².